The molecule has 4 aromatic rings. The minimum absolute atomic E-state index is 0.000728. The van der Waals surface area contributed by atoms with E-state index in [-0.39, 0.29) is 12.5 Å². The number of ether oxygens (including phenoxy) is 1. The Balaban J connectivity index is 1.51. The van der Waals surface area contributed by atoms with E-state index in [4.69, 9.17) is 4.74 Å². The van der Waals surface area contributed by atoms with Crippen molar-refractivity contribution in [3.05, 3.63) is 100 Å². The molecule has 0 saturated carbocycles. The number of H-pyrrole nitrogens is 1. The number of nitrogens with zero attached hydrogens (tertiary/aromatic N) is 1. The van der Waals surface area contributed by atoms with Crippen molar-refractivity contribution in [2.45, 2.75) is 27.3 Å². The van der Waals surface area contributed by atoms with Crippen LogP contribution in [0.2, 0.25) is 0 Å². The van der Waals surface area contributed by atoms with Gasteiger partial charge in [0.15, 0.2) is 0 Å². The van der Waals surface area contributed by atoms with Crippen LogP contribution >= 0.6 is 0 Å². The first-order valence-electron chi connectivity index (χ1n) is 10.4. The molecule has 0 aliphatic heterocycles. The van der Waals surface area contributed by atoms with Gasteiger partial charge in [-0.15, -0.1) is 0 Å². The number of aromatic nitrogens is 2. The number of nitrogens with one attached hydrogen (secondary N) is 2. The number of amides is 1. The third-order valence-electron chi connectivity index (χ3n) is 5.41. The zero-order valence-electron chi connectivity index (χ0n) is 18.5. The van der Waals surface area contributed by atoms with Crippen LogP contribution in [-0.2, 0) is 6.54 Å². The Morgan fingerprint density at radius 1 is 1.03 bits per heavy atom. The fourth-order valence-corrected chi connectivity index (χ4v) is 3.51. The molecule has 5 nitrogen and oxygen atoms in total. The molecule has 2 N–H and O–H groups in total. The number of rotatable bonds is 6. The summed E-state index contributed by atoms with van der Waals surface area (Å²) in [7, 11) is 0. The number of pyridine rings is 1. The van der Waals surface area contributed by atoms with Gasteiger partial charge in [-0.1, -0.05) is 6.07 Å². The molecule has 0 bridgehead atoms. The van der Waals surface area contributed by atoms with Gasteiger partial charge in [0.1, 0.15) is 23.1 Å². The standard InChI is InChI=1S/C26H23F2N3O2/c1-15-9-24(31-17(15)3)23-13-21(7-8-29-23)33-25-6-4-5-22(16(25)2)26(32)30-14-18-10-19(27)12-20(28)11-18/h4-13,31H,14H2,1-3H3,(H,30,32). The normalized spacial score (nSPS) is 10.8. The van der Waals surface area contributed by atoms with Crippen LogP contribution in [0.25, 0.3) is 11.4 Å². The first-order chi connectivity index (χ1) is 15.8. The molecule has 7 heteroatoms. The van der Waals surface area contributed by atoms with Crippen molar-refractivity contribution in [3.63, 3.8) is 0 Å². The lowest BCUT2D eigenvalue weighted by Crippen LogP contribution is -2.23. The molecular weight excluding hydrogens is 424 g/mol. The minimum atomic E-state index is -0.688. The van der Waals surface area contributed by atoms with Gasteiger partial charge in [0.2, 0.25) is 0 Å². The highest BCUT2D eigenvalue weighted by Gasteiger charge is 2.14. The molecule has 168 valence electrons. The van der Waals surface area contributed by atoms with Crippen LogP contribution in [0.3, 0.4) is 0 Å². The van der Waals surface area contributed by atoms with Gasteiger partial charge in [0, 0.05) is 41.7 Å². The largest absolute Gasteiger partial charge is 0.457 e. The lowest BCUT2D eigenvalue weighted by molar-refractivity contribution is 0.0950. The predicted octanol–water partition coefficient (Wildman–Crippen LogP) is 6.00. The number of halogens is 2. The smallest absolute Gasteiger partial charge is 0.251 e. The number of aromatic amines is 1. The Kier molecular flexibility index (Phi) is 6.22. The van der Waals surface area contributed by atoms with Crippen molar-refractivity contribution in [2.24, 2.45) is 0 Å². The molecule has 1 amide bonds. The Hall–Kier alpha value is -4.00. The van der Waals surface area contributed by atoms with E-state index in [1.54, 1.807) is 37.4 Å². The molecule has 0 radical (unpaired) electrons. The Labute approximate surface area is 190 Å². The fraction of sp³-hybridized carbons (Fsp3) is 0.154. The highest BCUT2D eigenvalue weighted by Crippen LogP contribution is 2.29. The second-order valence-electron chi connectivity index (χ2n) is 7.86. The molecule has 0 aliphatic carbocycles. The van der Waals surface area contributed by atoms with Crippen LogP contribution < -0.4 is 10.1 Å². The van der Waals surface area contributed by atoms with Crippen LogP contribution in [0.4, 0.5) is 8.78 Å². The summed E-state index contributed by atoms with van der Waals surface area (Å²) in [5.74, 6) is -0.633. The summed E-state index contributed by atoms with van der Waals surface area (Å²) in [6.07, 6.45) is 1.67. The van der Waals surface area contributed by atoms with E-state index in [9.17, 15) is 13.6 Å². The summed E-state index contributed by atoms with van der Waals surface area (Å²) in [5, 5.41) is 2.70. The van der Waals surface area contributed by atoms with E-state index >= 15 is 0 Å². The third kappa shape index (κ3) is 5.09. The molecule has 0 spiro atoms. The van der Waals surface area contributed by atoms with E-state index < -0.39 is 11.6 Å². The maximum Gasteiger partial charge on any atom is 0.251 e. The van der Waals surface area contributed by atoms with Crippen molar-refractivity contribution < 1.29 is 18.3 Å². The van der Waals surface area contributed by atoms with E-state index in [1.807, 2.05) is 26.0 Å². The molecular formula is C26H23F2N3O2. The van der Waals surface area contributed by atoms with Gasteiger partial charge in [-0.3, -0.25) is 9.78 Å². The lowest BCUT2D eigenvalue weighted by atomic mass is 10.1. The second-order valence-corrected chi connectivity index (χ2v) is 7.86. The number of carbonyl (C=O) groups excluding carboxylic acids is 1. The molecule has 0 saturated heterocycles. The molecule has 0 aliphatic rings. The predicted molar refractivity (Wildman–Crippen MR) is 122 cm³/mol. The topological polar surface area (TPSA) is 67.0 Å². The number of benzene rings is 2. The van der Waals surface area contributed by atoms with Gasteiger partial charge in [-0.25, -0.2) is 8.78 Å². The van der Waals surface area contributed by atoms with Gasteiger partial charge in [-0.2, -0.15) is 0 Å². The van der Waals surface area contributed by atoms with Crippen LogP contribution in [0.15, 0.2) is 60.8 Å². The van der Waals surface area contributed by atoms with Crippen molar-refractivity contribution in [1.82, 2.24) is 15.3 Å². The number of carbonyl (C=O) groups is 1. The number of aryl methyl sites for hydroxylation is 2. The van der Waals surface area contributed by atoms with Crippen LogP contribution in [-0.4, -0.2) is 15.9 Å². The Morgan fingerprint density at radius 3 is 2.48 bits per heavy atom. The number of hydrogen-bond acceptors (Lipinski definition) is 3. The van der Waals surface area contributed by atoms with Gasteiger partial charge in [0.25, 0.3) is 5.91 Å². The average molecular weight is 447 g/mol. The lowest BCUT2D eigenvalue weighted by Gasteiger charge is -2.13. The first kappa shape index (κ1) is 22.2. The molecule has 2 heterocycles. The maximum absolute atomic E-state index is 13.4. The molecule has 2 aromatic heterocycles. The van der Waals surface area contributed by atoms with Crippen molar-refractivity contribution >= 4 is 5.91 Å². The molecule has 0 unspecified atom stereocenters. The average Bonchev–Trinajstić information content (AvgIpc) is 3.11. The van der Waals surface area contributed by atoms with E-state index in [0.29, 0.717) is 28.2 Å². The van der Waals surface area contributed by atoms with Crippen molar-refractivity contribution in [2.75, 3.05) is 0 Å². The van der Waals surface area contributed by atoms with Gasteiger partial charge in [-0.05, 0) is 68.3 Å². The SMILES string of the molecule is Cc1cc(-c2cc(Oc3cccc(C(=O)NCc4cc(F)cc(F)c4)c3C)ccn2)[nH]c1C. The van der Waals surface area contributed by atoms with Crippen LogP contribution in [0, 0.1) is 32.4 Å². The van der Waals surface area contributed by atoms with Gasteiger partial charge < -0.3 is 15.0 Å². The molecule has 0 fully saturated rings. The van der Waals surface area contributed by atoms with E-state index in [1.165, 1.54) is 12.1 Å². The summed E-state index contributed by atoms with van der Waals surface area (Å²) in [4.78, 5) is 20.4. The van der Waals surface area contributed by atoms with Crippen LogP contribution in [0.5, 0.6) is 11.5 Å². The van der Waals surface area contributed by atoms with Crippen molar-refractivity contribution in [3.8, 4) is 22.9 Å². The summed E-state index contributed by atoms with van der Waals surface area (Å²) in [6, 6.07) is 13.9. The summed E-state index contributed by atoms with van der Waals surface area (Å²) < 4.78 is 32.8. The van der Waals surface area contributed by atoms with Gasteiger partial charge in [0.05, 0.1) is 11.4 Å². The highest BCUT2D eigenvalue weighted by atomic mass is 19.1. The van der Waals surface area contributed by atoms with Crippen LogP contribution in [0.1, 0.15) is 32.7 Å². The molecule has 4 rings (SSSR count). The minimum Gasteiger partial charge on any atom is -0.457 e. The third-order valence-corrected chi connectivity index (χ3v) is 5.41. The monoisotopic (exact) mass is 447 g/mol. The van der Waals surface area contributed by atoms with E-state index in [2.05, 4.69) is 15.3 Å². The van der Waals surface area contributed by atoms with E-state index in [0.717, 1.165) is 28.7 Å². The Morgan fingerprint density at radius 2 is 1.79 bits per heavy atom. The highest BCUT2D eigenvalue weighted by molar-refractivity contribution is 5.96. The fourth-order valence-electron chi connectivity index (χ4n) is 3.51. The summed E-state index contributed by atoms with van der Waals surface area (Å²) in [6.45, 7) is 5.82. The Bertz CT molecular complexity index is 1290. The molecule has 0 atom stereocenters. The second kappa shape index (κ2) is 9.24. The summed E-state index contributed by atoms with van der Waals surface area (Å²) >= 11 is 0. The quantitative estimate of drug-likeness (QED) is 0.381. The number of hydrogen-bond donors (Lipinski definition) is 2. The zero-order valence-corrected chi connectivity index (χ0v) is 18.5. The molecule has 33 heavy (non-hydrogen) atoms. The van der Waals surface area contributed by atoms with Gasteiger partial charge >= 0.3 is 0 Å². The first-order valence-corrected chi connectivity index (χ1v) is 10.4. The maximum atomic E-state index is 13.4. The summed E-state index contributed by atoms with van der Waals surface area (Å²) in [5.41, 5.74) is 5.26. The molecule has 2 aromatic carbocycles. The zero-order chi connectivity index (χ0) is 23.5. The van der Waals surface area contributed by atoms with Crippen molar-refractivity contribution in [1.29, 1.82) is 0 Å².